The number of rotatable bonds is 0. The second-order valence-electron chi connectivity index (χ2n) is 5.42. The number of para-hydroxylation sites is 2. The van der Waals surface area contributed by atoms with Gasteiger partial charge in [0.15, 0.2) is 23.0 Å². The number of nitrogens with zero attached hydrogens (tertiary/aromatic N) is 2. The van der Waals surface area contributed by atoms with Gasteiger partial charge >= 0.3 is 0 Å². The molecule has 0 saturated heterocycles. The van der Waals surface area contributed by atoms with E-state index in [4.69, 9.17) is 32.7 Å². The van der Waals surface area contributed by atoms with E-state index >= 15 is 0 Å². The largest absolute Gasteiger partial charge is 0.453 e. The summed E-state index contributed by atoms with van der Waals surface area (Å²) in [5.74, 6) is 2.53. The van der Waals surface area contributed by atoms with Crippen LogP contribution in [-0.4, -0.2) is 0 Å². The molecule has 0 N–H and O–H groups in total. The Bertz CT molecular complexity index is 1140. The van der Waals surface area contributed by atoms with E-state index in [-0.39, 0.29) is 0 Å². The van der Waals surface area contributed by atoms with Crippen LogP contribution in [0.4, 0.5) is 11.4 Å². The van der Waals surface area contributed by atoms with E-state index in [0.29, 0.717) is 43.7 Å². The Balaban J connectivity index is 1.73. The van der Waals surface area contributed by atoms with Crippen LogP contribution in [0.15, 0.2) is 58.5 Å². The van der Waals surface area contributed by atoms with E-state index < -0.39 is 0 Å². The summed E-state index contributed by atoms with van der Waals surface area (Å²) in [7, 11) is 0. The molecule has 0 radical (unpaired) electrons. The molecule has 0 spiro atoms. The summed E-state index contributed by atoms with van der Waals surface area (Å²) in [5.41, 5.74) is 1.41. The van der Waals surface area contributed by atoms with Crippen molar-refractivity contribution in [2.24, 2.45) is 9.98 Å². The Morgan fingerprint density at radius 2 is 1.25 bits per heavy atom. The first-order valence-electron chi connectivity index (χ1n) is 7.23. The molecule has 5 rings (SSSR count). The highest BCUT2D eigenvalue weighted by Crippen LogP contribution is 2.40. The molecule has 0 bridgehead atoms. The molecule has 6 heteroatoms. The van der Waals surface area contributed by atoms with Gasteiger partial charge in [-0.3, -0.25) is 0 Å². The van der Waals surface area contributed by atoms with Crippen molar-refractivity contribution in [3.8, 4) is 23.0 Å². The third kappa shape index (κ3) is 2.08. The Morgan fingerprint density at radius 3 is 2.04 bits per heavy atom. The maximum absolute atomic E-state index is 6.06. The van der Waals surface area contributed by atoms with Crippen molar-refractivity contribution in [2.75, 3.05) is 0 Å². The minimum absolute atomic E-state index is 0.425. The first-order chi connectivity index (χ1) is 11.7. The molecule has 2 aliphatic heterocycles. The van der Waals surface area contributed by atoms with Crippen molar-refractivity contribution >= 4 is 34.6 Å². The monoisotopic (exact) mass is 354 g/mol. The van der Waals surface area contributed by atoms with Crippen LogP contribution in [0.25, 0.3) is 0 Å². The summed E-state index contributed by atoms with van der Waals surface area (Å²) in [6, 6.07) is 14.6. The fraction of sp³-hybridized carbons (Fsp3) is 0. The highest BCUT2D eigenvalue weighted by Gasteiger charge is 2.19. The molecule has 0 aliphatic carbocycles. The lowest BCUT2D eigenvalue weighted by Crippen LogP contribution is -2.18. The number of hydrogen-bond acceptors (Lipinski definition) is 4. The summed E-state index contributed by atoms with van der Waals surface area (Å²) < 4.78 is 11.8. The molecule has 0 atom stereocenters. The minimum atomic E-state index is 0.425. The smallest absolute Gasteiger partial charge is 0.155 e. The lowest BCUT2D eigenvalue weighted by molar-refractivity contribution is 0.451. The van der Waals surface area contributed by atoms with Crippen LogP contribution in [0.2, 0.25) is 10.0 Å². The zero-order chi connectivity index (χ0) is 16.3. The van der Waals surface area contributed by atoms with Gasteiger partial charge in [-0.25, -0.2) is 9.98 Å². The number of fused-ring (bicyclic) bond motifs is 4. The van der Waals surface area contributed by atoms with Gasteiger partial charge in [-0.2, -0.15) is 0 Å². The highest BCUT2D eigenvalue weighted by molar-refractivity contribution is 6.42. The van der Waals surface area contributed by atoms with Crippen molar-refractivity contribution in [2.45, 2.75) is 0 Å². The van der Waals surface area contributed by atoms with Gasteiger partial charge in [-0.1, -0.05) is 35.3 Å². The van der Waals surface area contributed by atoms with Crippen LogP contribution in [-0.2, 0) is 0 Å². The number of ether oxygens (including phenoxy) is 2. The van der Waals surface area contributed by atoms with Crippen LogP contribution in [0.1, 0.15) is 0 Å². The van der Waals surface area contributed by atoms with Crippen molar-refractivity contribution in [1.29, 1.82) is 0 Å². The Labute approximate surface area is 146 Å². The molecule has 0 amide bonds. The first-order valence-corrected chi connectivity index (χ1v) is 7.98. The molecular weight excluding hydrogens is 347 g/mol. The second-order valence-corrected chi connectivity index (χ2v) is 6.23. The van der Waals surface area contributed by atoms with Crippen LogP contribution >= 0.6 is 23.2 Å². The van der Waals surface area contributed by atoms with Gasteiger partial charge in [0.1, 0.15) is 22.1 Å². The SMILES string of the molecule is Clc1cc2c(cc1Cl)Oc1cc3c(cc1=N2)Oc1ccccc1N=3. The quantitative estimate of drug-likeness (QED) is 0.388. The summed E-state index contributed by atoms with van der Waals surface area (Å²) in [6.45, 7) is 0. The molecule has 0 aromatic heterocycles. The normalized spacial score (nSPS) is 13.1. The van der Waals surface area contributed by atoms with Gasteiger partial charge in [0, 0.05) is 18.2 Å². The Kier molecular flexibility index (Phi) is 2.86. The van der Waals surface area contributed by atoms with Crippen LogP contribution < -0.4 is 20.2 Å². The van der Waals surface area contributed by atoms with Crippen LogP contribution in [0.3, 0.4) is 0 Å². The molecule has 116 valence electrons. The zero-order valence-electron chi connectivity index (χ0n) is 12.1. The van der Waals surface area contributed by atoms with Gasteiger partial charge < -0.3 is 9.47 Å². The van der Waals surface area contributed by atoms with Crippen molar-refractivity contribution in [1.82, 2.24) is 0 Å². The summed E-state index contributed by atoms with van der Waals surface area (Å²) in [5, 5.41) is 2.22. The average Bonchev–Trinajstić information content (AvgIpc) is 2.58. The van der Waals surface area contributed by atoms with Crippen molar-refractivity contribution in [3.05, 3.63) is 69.3 Å². The van der Waals surface area contributed by atoms with E-state index in [1.54, 1.807) is 12.1 Å². The average molecular weight is 355 g/mol. The molecular formula is C18H8Cl2N2O2. The first kappa shape index (κ1) is 13.8. The minimum Gasteiger partial charge on any atom is -0.453 e. The molecule has 24 heavy (non-hydrogen) atoms. The Hall–Kier alpha value is -2.56. The fourth-order valence-electron chi connectivity index (χ4n) is 2.70. The summed E-state index contributed by atoms with van der Waals surface area (Å²) >= 11 is 12.1. The molecule has 0 fully saturated rings. The van der Waals surface area contributed by atoms with Gasteiger partial charge in [0.2, 0.25) is 0 Å². The molecule has 2 aliphatic rings. The van der Waals surface area contributed by atoms with E-state index in [1.165, 1.54) is 0 Å². The third-order valence-electron chi connectivity index (χ3n) is 3.83. The van der Waals surface area contributed by atoms with Crippen molar-refractivity contribution in [3.63, 3.8) is 0 Å². The van der Waals surface area contributed by atoms with Gasteiger partial charge in [-0.15, -0.1) is 0 Å². The van der Waals surface area contributed by atoms with E-state index in [2.05, 4.69) is 9.98 Å². The third-order valence-corrected chi connectivity index (χ3v) is 4.55. The van der Waals surface area contributed by atoms with Crippen LogP contribution in [0, 0.1) is 0 Å². The number of halogens is 2. The van der Waals surface area contributed by atoms with Crippen molar-refractivity contribution < 1.29 is 9.47 Å². The second kappa shape index (κ2) is 4.97. The van der Waals surface area contributed by atoms with E-state index in [0.717, 1.165) is 11.4 Å². The van der Waals surface area contributed by atoms with E-state index in [1.807, 2.05) is 36.4 Å². The lowest BCUT2D eigenvalue weighted by Gasteiger charge is -2.18. The topological polar surface area (TPSA) is 43.2 Å². The molecule has 3 aromatic carbocycles. The van der Waals surface area contributed by atoms with Gasteiger partial charge in [0.05, 0.1) is 10.0 Å². The number of hydrogen-bond donors (Lipinski definition) is 0. The predicted octanol–water partition coefficient (Wildman–Crippen LogP) is 5.11. The van der Waals surface area contributed by atoms with Gasteiger partial charge in [0.25, 0.3) is 0 Å². The molecule has 0 unspecified atom stereocenters. The standard InChI is InChI=1S/C18H8Cl2N2O2/c19-9-5-12-16(6-10(9)20)24-18-7-13-17(8-14(18)22-12)23-15-4-2-1-3-11(15)21-13/h1-8H. The summed E-state index contributed by atoms with van der Waals surface area (Å²) in [6.07, 6.45) is 0. The summed E-state index contributed by atoms with van der Waals surface area (Å²) in [4.78, 5) is 9.20. The van der Waals surface area contributed by atoms with Gasteiger partial charge in [-0.05, 0) is 18.2 Å². The highest BCUT2D eigenvalue weighted by atomic mass is 35.5. The number of benzene rings is 3. The molecule has 4 nitrogen and oxygen atoms in total. The molecule has 2 heterocycles. The maximum Gasteiger partial charge on any atom is 0.155 e. The zero-order valence-corrected chi connectivity index (χ0v) is 13.6. The molecule has 3 aromatic rings. The Morgan fingerprint density at radius 1 is 0.625 bits per heavy atom. The lowest BCUT2D eigenvalue weighted by atomic mass is 10.2. The molecule has 0 saturated carbocycles. The predicted molar refractivity (Wildman–Crippen MR) is 91.1 cm³/mol. The van der Waals surface area contributed by atoms with E-state index in [9.17, 15) is 0 Å². The van der Waals surface area contributed by atoms with Crippen LogP contribution in [0.5, 0.6) is 23.0 Å². The fourth-order valence-corrected chi connectivity index (χ4v) is 3.01. The maximum atomic E-state index is 6.06.